The Morgan fingerprint density at radius 1 is 0.714 bits per heavy atom. The SMILES string of the molecule is C=CC(=O)CCc1cc(CC(C)(C)C)cc(CNC(=O)C=C)c1O.C=CC(=O)CCc1cc(CC(C)(C)C)ccc1O. The number of hydrogen-bond donors (Lipinski definition) is 3. The van der Waals surface area contributed by atoms with Crippen molar-refractivity contribution in [3.05, 3.63) is 96.1 Å². The van der Waals surface area contributed by atoms with E-state index in [1.165, 1.54) is 23.8 Å². The molecule has 2 rings (SSSR count). The molecule has 1 amide bonds. The van der Waals surface area contributed by atoms with Crippen molar-refractivity contribution in [3.8, 4) is 11.5 Å². The van der Waals surface area contributed by atoms with Crippen molar-refractivity contribution in [3.63, 3.8) is 0 Å². The number of nitrogens with one attached hydrogen (secondary N) is 1. The molecule has 0 radical (unpaired) electrons. The van der Waals surface area contributed by atoms with Gasteiger partial charge in [-0.25, -0.2) is 0 Å². The number of ketones is 2. The van der Waals surface area contributed by atoms with Crippen LogP contribution >= 0.6 is 0 Å². The molecule has 0 aliphatic carbocycles. The number of allylic oxidation sites excluding steroid dienone is 2. The number of benzene rings is 2. The van der Waals surface area contributed by atoms with Crippen LogP contribution in [0.3, 0.4) is 0 Å². The Kier molecular flexibility index (Phi) is 14.2. The van der Waals surface area contributed by atoms with E-state index in [-0.39, 0.29) is 46.3 Å². The lowest BCUT2D eigenvalue weighted by Gasteiger charge is -2.20. The predicted octanol–water partition coefficient (Wildman–Crippen LogP) is 7.14. The van der Waals surface area contributed by atoms with Gasteiger partial charge in [0.15, 0.2) is 11.6 Å². The average Bonchev–Trinajstić information content (AvgIpc) is 2.90. The van der Waals surface area contributed by atoms with Gasteiger partial charge in [0.2, 0.25) is 5.91 Å². The van der Waals surface area contributed by atoms with Gasteiger partial charge < -0.3 is 15.5 Å². The van der Waals surface area contributed by atoms with Gasteiger partial charge in [0, 0.05) is 24.9 Å². The van der Waals surface area contributed by atoms with Gasteiger partial charge in [-0.15, -0.1) is 0 Å². The Hall–Kier alpha value is -3.93. The summed E-state index contributed by atoms with van der Waals surface area (Å²) in [6.07, 6.45) is 7.31. The minimum Gasteiger partial charge on any atom is -0.508 e. The van der Waals surface area contributed by atoms with Crippen LogP contribution in [0.25, 0.3) is 0 Å². The fourth-order valence-electron chi connectivity index (χ4n) is 4.41. The number of phenolic OH excluding ortho intramolecular Hbond substituents is 2. The minimum absolute atomic E-state index is 0.00984. The number of hydrogen-bond acceptors (Lipinski definition) is 5. The van der Waals surface area contributed by atoms with Crippen molar-refractivity contribution in [2.45, 2.75) is 86.6 Å². The quantitative estimate of drug-likeness (QED) is 0.220. The van der Waals surface area contributed by atoms with E-state index in [1.807, 2.05) is 24.3 Å². The van der Waals surface area contributed by atoms with Crippen LogP contribution in [0.15, 0.2) is 68.3 Å². The minimum atomic E-state index is -0.293. The van der Waals surface area contributed by atoms with Gasteiger partial charge in [-0.1, -0.05) is 85.5 Å². The molecule has 0 saturated heterocycles. The molecule has 0 saturated carbocycles. The van der Waals surface area contributed by atoms with Crippen molar-refractivity contribution in [2.75, 3.05) is 0 Å². The van der Waals surface area contributed by atoms with E-state index in [9.17, 15) is 24.6 Å². The standard InChI is InChI=1S/C20H27NO3.C16H22O2/c1-6-17(22)9-8-15-10-14(12-20(3,4)5)11-16(19(15)24)13-21-18(23)7-2;1-5-14(17)8-7-13-10-12(6-9-15(13)18)11-16(2,3)4/h6-7,10-11,24H,1-2,8-9,12-13H2,3-5H3,(H,21,23);5-6,9-10,18H,1,7-8,11H2,2-4H3. The number of aromatic hydroxyl groups is 2. The van der Waals surface area contributed by atoms with E-state index >= 15 is 0 Å². The highest BCUT2D eigenvalue weighted by Crippen LogP contribution is 2.30. The third-order valence-corrected chi connectivity index (χ3v) is 6.32. The highest BCUT2D eigenvalue weighted by Gasteiger charge is 2.17. The lowest BCUT2D eigenvalue weighted by Crippen LogP contribution is -2.20. The summed E-state index contributed by atoms with van der Waals surface area (Å²) in [4.78, 5) is 34.1. The van der Waals surface area contributed by atoms with E-state index in [4.69, 9.17) is 0 Å². The Labute approximate surface area is 252 Å². The smallest absolute Gasteiger partial charge is 0.243 e. The lowest BCUT2D eigenvalue weighted by atomic mass is 9.86. The molecule has 0 spiro atoms. The Balaban J connectivity index is 0.000000437. The molecule has 42 heavy (non-hydrogen) atoms. The van der Waals surface area contributed by atoms with E-state index in [0.717, 1.165) is 29.5 Å². The number of amides is 1. The Morgan fingerprint density at radius 3 is 1.69 bits per heavy atom. The summed E-state index contributed by atoms with van der Waals surface area (Å²) >= 11 is 0. The van der Waals surface area contributed by atoms with Crippen molar-refractivity contribution in [2.24, 2.45) is 10.8 Å². The first kappa shape index (κ1) is 36.1. The molecule has 0 aromatic heterocycles. The largest absolute Gasteiger partial charge is 0.508 e. The van der Waals surface area contributed by atoms with Gasteiger partial charge in [-0.2, -0.15) is 0 Å². The van der Waals surface area contributed by atoms with Crippen LogP contribution in [0.5, 0.6) is 11.5 Å². The van der Waals surface area contributed by atoms with Gasteiger partial charge in [0.25, 0.3) is 0 Å². The maximum absolute atomic E-state index is 11.5. The maximum Gasteiger partial charge on any atom is 0.243 e. The highest BCUT2D eigenvalue weighted by molar-refractivity contribution is 5.89. The molecule has 3 N–H and O–H groups in total. The van der Waals surface area contributed by atoms with Crippen molar-refractivity contribution < 1.29 is 24.6 Å². The normalized spacial score (nSPS) is 11.1. The molecule has 2 aromatic rings. The Morgan fingerprint density at radius 2 is 1.19 bits per heavy atom. The van der Waals surface area contributed by atoms with Crippen molar-refractivity contribution in [1.82, 2.24) is 5.32 Å². The van der Waals surface area contributed by atoms with E-state index < -0.39 is 0 Å². The van der Waals surface area contributed by atoms with E-state index in [0.29, 0.717) is 31.2 Å². The third-order valence-electron chi connectivity index (χ3n) is 6.32. The second-order valence-electron chi connectivity index (χ2n) is 13.0. The molecule has 0 fully saturated rings. The zero-order valence-corrected chi connectivity index (χ0v) is 26.3. The topological polar surface area (TPSA) is 104 Å². The lowest BCUT2D eigenvalue weighted by molar-refractivity contribution is -0.117. The van der Waals surface area contributed by atoms with Crippen LogP contribution < -0.4 is 5.32 Å². The van der Waals surface area contributed by atoms with Gasteiger partial charge in [0.1, 0.15) is 11.5 Å². The summed E-state index contributed by atoms with van der Waals surface area (Å²) < 4.78 is 0. The van der Waals surface area contributed by atoms with Crippen LogP contribution in [0.4, 0.5) is 0 Å². The van der Waals surface area contributed by atoms with Gasteiger partial charge in [-0.05, 0) is 83.1 Å². The predicted molar refractivity (Wildman–Crippen MR) is 172 cm³/mol. The highest BCUT2D eigenvalue weighted by atomic mass is 16.3. The first-order valence-electron chi connectivity index (χ1n) is 14.3. The van der Waals surface area contributed by atoms with Gasteiger partial charge in [0.05, 0.1) is 0 Å². The Bertz CT molecular complexity index is 1230. The zero-order chi connectivity index (χ0) is 32.1. The van der Waals surface area contributed by atoms with Crippen LogP contribution in [-0.4, -0.2) is 27.7 Å². The third kappa shape index (κ3) is 14.1. The second kappa shape index (κ2) is 16.5. The average molecular weight is 576 g/mol. The molecular formula is C36H49NO5. The summed E-state index contributed by atoms with van der Waals surface area (Å²) in [5, 5.41) is 22.9. The number of carbonyl (C=O) groups excluding carboxylic acids is 3. The molecule has 6 nitrogen and oxygen atoms in total. The molecule has 2 aromatic carbocycles. The first-order chi connectivity index (χ1) is 19.5. The fourth-order valence-corrected chi connectivity index (χ4v) is 4.41. The molecule has 6 heteroatoms. The summed E-state index contributed by atoms with van der Waals surface area (Å²) in [7, 11) is 0. The van der Waals surface area contributed by atoms with Gasteiger partial charge in [-0.3, -0.25) is 14.4 Å². The summed E-state index contributed by atoms with van der Waals surface area (Å²) in [5.74, 6) is 0.0603. The van der Waals surface area contributed by atoms with Crippen LogP contribution in [0.2, 0.25) is 0 Å². The second-order valence-corrected chi connectivity index (χ2v) is 13.0. The first-order valence-corrected chi connectivity index (χ1v) is 14.3. The molecule has 0 aliphatic rings. The molecule has 0 aliphatic heterocycles. The van der Waals surface area contributed by atoms with Crippen LogP contribution in [-0.2, 0) is 46.6 Å². The molecule has 0 heterocycles. The van der Waals surface area contributed by atoms with Gasteiger partial charge >= 0.3 is 0 Å². The summed E-state index contributed by atoms with van der Waals surface area (Å²) in [6, 6.07) is 9.50. The molecule has 0 unspecified atom stereocenters. The van der Waals surface area contributed by atoms with Crippen molar-refractivity contribution >= 4 is 17.5 Å². The molecule has 0 bridgehead atoms. The molecular weight excluding hydrogens is 526 g/mol. The van der Waals surface area contributed by atoms with E-state index in [1.54, 1.807) is 6.07 Å². The zero-order valence-electron chi connectivity index (χ0n) is 26.3. The van der Waals surface area contributed by atoms with Crippen LogP contribution in [0.1, 0.15) is 82.2 Å². The summed E-state index contributed by atoms with van der Waals surface area (Å²) in [5.41, 5.74) is 4.78. The number of aryl methyl sites for hydroxylation is 2. The number of phenols is 2. The maximum atomic E-state index is 11.5. The summed E-state index contributed by atoms with van der Waals surface area (Å²) in [6.45, 7) is 23.5. The molecule has 228 valence electrons. The van der Waals surface area contributed by atoms with E-state index in [2.05, 4.69) is 66.6 Å². The fraction of sp³-hybridized carbons (Fsp3) is 0.417. The van der Waals surface area contributed by atoms with Crippen LogP contribution in [0, 0.1) is 10.8 Å². The number of carbonyl (C=O) groups is 3. The molecule has 0 atom stereocenters. The number of rotatable bonds is 13. The monoisotopic (exact) mass is 575 g/mol. The van der Waals surface area contributed by atoms with Crippen molar-refractivity contribution in [1.29, 1.82) is 0 Å².